The van der Waals surface area contributed by atoms with Gasteiger partial charge in [0.05, 0.1) is 72.9 Å². The molecular weight excluding hydrogens is 1060 g/mol. The van der Waals surface area contributed by atoms with Crippen LogP contribution in [-0.2, 0) is 0 Å². The van der Waals surface area contributed by atoms with E-state index in [1.807, 2.05) is 88.4 Å². The first kappa shape index (κ1) is 53.1. The Morgan fingerprint density at radius 1 is 0.500 bits per heavy atom. The lowest BCUT2D eigenvalue weighted by molar-refractivity contribution is 0.262. The summed E-state index contributed by atoms with van der Waals surface area (Å²) < 4.78 is 42.0. The number of nitrogens with one attached hydrogen (secondary N) is 2. The largest absolute Gasteiger partial charge is 0.494 e. The molecule has 0 fully saturated rings. The van der Waals surface area contributed by atoms with E-state index in [1.165, 1.54) is 14.2 Å². The standard InChI is InChI=1S/C49H50Br2N10O7S2/c1-29-21-33(9-13-39(29)56-58-41-15-11-35(25-37(41)50)67-17-7-19-69-63)54-60-43-27-47(65-5)45(23-31(43)3)52-49(62)53-46-24-32(4)44(28-48(46)66-6)61-55-34-10-14-40(30(2)22-34)57-59-42-16-12-36(26-38(42)51)68-18-8-20-70-64/h9-16,21-28,63-64H,7-8,17-20H2,1-6H3,(H2,52,53,62). The summed E-state index contributed by atoms with van der Waals surface area (Å²) in [6, 6.07) is 28.3. The van der Waals surface area contributed by atoms with E-state index in [-0.39, 0.29) is 0 Å². The molecule has 6 aromatic rings. The lowest BCUT2D eigenvalue weighted by atomic mass is 10.1. The van der Waals surface area contributed by atoms with Gasteiger partial charge < -0.3 is 38.7 Å². The van der Waals surface area contributed by atoms with Crippen molar-refractivity contribution in [2.75, 3.05) is 49.6 Å². The number of ether oxygens (including phenoxy) is 4. The normalized spacial score (nSPS) is 11.6. The smallest absolute Gasteiger partial charge is 0.323 e. The molecule has 0 saturated heterocycles. The molecule has 6 aromatic carbocycles. The number of carbonyl (C=O) groups is 1. The molecule has 0 atom stereocenters. The molecule has 0 aromatic heterocycles. The molecule has 0 heterocycles. The summed E-state index contributed by atoms with van der Waals surface area (Å²) in [6.07, 6.45) is 1.47. The first-order valence-corrected chi connectivity index (χ1v) is 25.1. The molecular formula is C49H50Br2N10O7S2. The molecule has 0 saturated carbocycles. The van der Waals surface area contributed by atoms with Crippen LogP contribution in [0.5, 0.6) is 23.0 Å². The van der Waals surface area contributed by atoms with E-state index in [1.54, 1.807) is 36.4 Å². The van der Waals surface area contributed by atoms with Crippen molar-refractivity contribution in [1.29, 1.82) is 0 Å². The van der Waals surface area contributed by atoms with Gasteiger partial charge in [0.15, 0.2) is 0 Å². The highest BCUT2D eigenvalue weighted by Crippen LogP contribution is 2.38. The van der Waals surface area contributed by atoms with E-state index in [9.17, 15) is 4.79 Å². The monoisotopic (exact) mass is 1110 g/mol. The average molecular weight is 1110 g/mol. The Morgan fingerprint density at radius 3 is 1.24 bits per heavy atom. The SMILES string of the molecule is COc1cc(N=Nc2ccc(N=Nc3ccc(OCCCSO)cc3Br)c(C)c2)c(C)cc1NC(=O)Nc1cc(C)c(N=Nc2ccc(N=Nc3ccc(OCCCSO)cc3Br)c(C)c2)cc1OC. The molecule has 0 aliphatic carbocycles. The van der Waals surface area contributed by atoms with E-state index in [4.69, 9.17) is 28.1 Å². The highest BCUT2D eigenvalue weighted by Gasteiger charge is 2.16. The molecule has 17 nitrogen and oxygen atoms in total. The second-order valence-electron chi connectivity index (χ2n) is 15.3. The van der Waals surface area contributed by atoms with Crippen molar-refractivity contribution in [1.82, 2.24) is 0 Å². The number of benzene rings is 6. The number of carbonyl (C=O) groups excluding carboxylic acids is 1. The lowest BCUT2D eigenvalue weighted by Gasteiger charge is -2.15. The van der Waals surface area contributed by atoms with E-state index in [0.29, 0.717) is 105 Å². The quantitative estimate of drug-likeness (QED) is 0.0288. The van der Waals surface area contributed by atoms with Crippen LogP contribution in [0.2, 0.25) is 0 Å². The van der Waals surface area contributed by atoms with Gasteiger partial charge in [-0.15, -0.1) is 10.2 Å². The number of azo groups is 4. The number of halogens is 2. The predicted octanol–water partition coefficient (Wildman–Crippen LogP) is 17.7. The van der Waals surface area contributed by atoms with Crippen molar-refractivity contribution in [3.63, 3.8) is 0 Å². The van der Waals surface area contributed by atoms with Crippen molar-refractivity contribution in [2.24, 2.45) is 40.9 Å². The summed E-state index contributed by atoms with van der Waals surface area (Å²) >= 11 is 8.68. The number of hydrogen-bond acceptors (Lipinski definition) is 17. The third-order valence-corrected chi connectivity index (χ3v) is 12.3. The molecule has 0 bridgehead atoms. The second-order valence-corrected chi connectivity index (χ2v) is 18.3. The molecule has 364 valence electrons. The summed E-state index contributed by atoms with van der Waals surface area (Å²) in [7, 11) is 3.02. The average Bonchev–Trinajstić information content (AvgIpc) is 3.34. The molecule has 70 heavy (non-hydrogen) atoms. The first-order valence-electron chi connectivity index (χ1n) is 21.6. The summed E-state index contributed by atoms with van der Waals surface area (Å²) in [5, 5.41) is 41.3. The number of aryl methyl sites for hydroxylation is 4. The first-order chi connectivity index (χ1) is 33.9. The maximum Gasteiger partial charge on any atom is 0.323 e. The van der Waals surface area contributed by atoms with Crippen LogP contribution in [0.3, 0.4) is 0 Å². The zero-order valence-electron chi connectivity index (χ0n) is 39.1. The highest BCUT2D eigenvalue weighted by molar-refractivity contribution is 9.11. The highest BCUT2D eigenvalue weighted by atomic mass is 79.9. The minimum atomic E-state index is -0.523. The summed E-state index contributed by atoms with van der Waals surface area (Å²) in [6.45, 7) is 8.56. The summed E-state index contributed by atoms with van der Waals surface area (Å²) in [4.78, 5) is 13.4. The Bertz CT molecular complexity index is 2730. The topological polar surface area (TPSA) is 217 Å². The number of urea groups is 1. The van der Waals surface area contributed by atoms with Crippen LogP contribution < -0.4 is 29.6 Å². The Balaban J connectivity index is 1.05. The Hall–Kier alpha value is -6.23. The van der Waals surface area contributed by atoms with Crippen LogP contribution in [0.4, 0.5) is 61.7 Å². The fraction of sp³-hybridized carbons (Fsp3) is 0.245. The Labute approximate surface area is 431 Å². The molecule has 0 radical (unpaired) electrons. The van der Waals surface area contributed by atoms with Crippen LogP contribution >= 0.6 is 55.9 Å². The Kier molecular flexibility index (Phi) is 20.2. The van der Waals surface area contributed by atoms with Crippen molar-refractivity contribution in [3.8, 4) is 23.0 Å². The number of anilines is 2. The zero-order chi connectivity index (χ0) is 50.0. The predicted molar refractivity (Wildman–Crippen MR) is 286 cm³/mol. The van der Waals surface area contributed by atoms with Gasteiger partial charge in [0.25, 0.3) is 0 Å². The summed E-state index contributed by atoms with van der Waals surface area (Å²) in [5.41, 5.74) is 9.03. The third kappa shape index (κ3) is 15.4. The van der Waals surface area contributed by atoms with Crippen LogP contribution in [0, 0.1) is 27.7 Å². The van der Waals surface area contributed by atoms with Crippen LogP contribution in [0.15, 0.2) is 147 Å². The maximum atomic E-state index is 13.4. The molecule has 4 N–H and O–H groups in total. The molecule has 0 unspecified atom stereocenters. The van der Waals surface area contributed by atoms with Gasteiger partial charge in [0.2, 0.25) is 0 Å². The van der Waals surface area contributed by atoms with Crippen molar-refractivity contribution < 1.29 is 32.8 Å². The van der Waals surface area contributed by atoms with E-state index >= 15 is 0 Å². The molecule has 0 spiro atoms. The van der Waals surface area contributed by atoms with E-state index in [0.717, 1.165) is 68.1 Å². The van der Waals surface area contributed by atoms with Crippen LogP contribution in [-0.4, -0.2) is 54.1 Å². The minimum absolute atomic E-state index is 0.383. The number of hydrogen-bond donors (Lipinski definition) is 4. The number of amides is 2. The number of nitrogens with zero attached hydrogens (tertiary/aromatic N) is 8. The molecule has 2 amide bonds. The molecule has 0 aliphatic heterocycles. The van der Waals surface area contributed by atoms with E-state index < -0.39 is 6.03 Å². The van der Waals surface area contributed by atoms with Gasteiger partial charge in [-0.2, -0.15) is 30.7 Å². The van der Waals surface area contributed by atoms with Gasteiger partial charge in [-0.05, 0) is 204 Å². The van der Waals surface area contributed by atoms with Crippen LogP contribution in [0.25, 0.3) is 0 Å². The maximum absolute atomic E-state index is 13.4. The molecule has 0 aliphatic rings. The van der Waals surface area contributed by atoms with Crippen molar-refractivity contribution >= 4 is 119 Å². The van der Waals surface area contributed by atoms with Gasteiger partial charge in [-0.3, -0.25) is 0 Å². The molecule has 6 rings (SSSR count). The fourth-order valence-electron chi connectivity index (χ4n) is 6.39. The number of methoxy groups -OCH3 is 2. The van der Waals surface area contributed by atoms with Crippen molar-refractivity contribution in [2.45, 2.75) is 40.5 Å². The van der Waals surface area contributed by atoms with Gasteiger partial charge in [0.1, 0.15) is 34.4 Å². The lowest BCUT2D eigenvalue weighted by Crippen LogP contribution is -2.20. The minimum Gasteiger partial charge on any atom is -0.494 e. The van der Waals surface area contributed by atoms with Gasteiger partial charge in [-0.1, -0.05) is 0 Å². The fourth-order valence-corrected chi connectivity index (χ4v) is 7.76. The van der Waals surface area contributed by atoms with Gasteiger partial charge >= 0.3 is 6.03 Å². The zero-order valence-corrected chi connectivity index (χ0v) is 43.9. The van der Waals surface area contributed by atoms with Crippen molar-refractivity contribution in [3.05, 3.63) is 128 Å². The third-order valence-electron chi connectivity index (χ3n) is 10.1. The van der Waals surface area contributed by atoms with Gasteiger partial charge in [-0.25, -0.2) is 4.79 Å². The summed E-state index contributed by atoms with van der Waals surface area (Å²) in [5.74, 6) is 3.38. The van der Waals surface area contributed by atoms with Gasteiger partial charge in [0, 0.05) is 32.6 Å². The Morgan fingerprint density at radius 2 is 0.871 bits per heavy atom. The molecule has 21 heteroatoms. The van der Waals surface area contributed by atoms with Crippen LogP contribution in [0.1, 0.15) is 35.1 Å². The van der Waals surface area contributed by atoms with E-state index in [2.05, 4.69) is 83.4 Å². The second kappa shape index (κ2) is 26.7. The number of rotatable bonds is 22.